The number of ether oxygens (including phenoxy) is 21. The molecule has 0 radical (unpaired) electrons. The summed E-state index contributed by atoms with van der Waals surface area (Å²) in [5, 5.41) is 336. The van der Waals surface area contributed by atoms with Crippen molar-refractivity contribution in [3.8, 4) is 0 Å². The van der Waals surface area contributed by atoms with Crippen molar-refractivity contribution in [3.63, 3.8) is 0 Å². The number of aliphatic hydroxyl groups is 29. The van der Waals surface area contributed by atoms with Crippen molar-refractivity contribution in [3.05, 3.63) is 0 Å². The Morgan fingerprint density at radius 1 is 0.212 bits per heavy atom. The molecule has 11 aliphatic rings. The number of hydrogen-bond acceptors (Lipinski definition) is 54. The van der Waals surface area contributed by atoms with Crippen molar-refractivity contribution in [1.82, 2.24) is 21.3 Å². The monoisotopic (exact) mass is 1930 g/mol. The van der Waals surface area contributed by atoms with E-state index in [0.717, 1.165) is 27.7 Å². The van der Waals surface area contributed by atoms with E-state index >= 15 is 0 Å². The van der Waals surface area contributed by atoms with Crippen LogP contribution in [0.25, 0.3) is 0 Å². The van der Waals surface area contributed by atoms with E-state index in [9.17, 15) is 167 Å². The first-order valence-corrected chi connectivity index (χ1v) is 42.4. The van der Waals surface area contributed by atoms with Gasteiger partial charge in [-0.15, -0.1) is 0 Å². The number of carbonyl (C=O) groups is 4. The average Bonchev–Trinajstić information content (AvgIpc) is 0.761. The lowest BCUT2D eigenvalue weighted by Gasteiger charge is -2.52. The Hall–Kier alpha value is -4.12. The van der Waals surface area contributed by atoms with Crippen LogP contribution in [0, 0.1) is 0 Å². The van der Waals surface area contributed by atoms with Gasteiger partial charge in [-0.1, -0.05) is 0 Å². The summed E-state index contributed by atoms with van der Waals surface area (Å²) < 4.78 is 127. The molecule has 11 rings (SSSR count). The van der Waals surface area contributed by atoms with Gasteiger partial charge in [0.05, 0.1) is 71.7 Å². The lowest BCUT2D eigenvalue weighted by Crippen LogP contribution is -2.71. The molecule has 58 nitrogen and oxygen atoms in total. The lowest BCUT2D eigenvalue weighted by molar-refractivity contribution is -0.403. The highest BCUT2D eigenvalue weighted by atomic mass is 16.8. The molecule has 0 aromatic heterocycles. The van der Waals surface area contributed by atoms with Crippen LogP contribution in [0.1, 0.15) is 41.5 Å². The summed E-state index contributed by atoms with van der Waals surface area (Å²) in [6.45, 7) is -4.15. The first kappa shape index (κ1) is 108. The first-order valence-electron chi connectivity index (χ1n) is 42.4. The second-order valence-electron chi connectivity index (χ2n) is 33.8. The van der Waals surface area contributed by atoms with Crippen LogP contribution in [-0.2, 0) is 119 Å². The van der Waals surface area contributed by atoms with Crippen molar-refractivity contribution in [2.45, 2.75) is 379 Å². The molecule has 0 unspecified atom stereocenters. The fourth-order valence-electron chi connectivity index (χ4n) is 17.2. The van der Waals surface area contributed by atoms with Gasteiger partial charge < -0.3 is 269 Å². The van der Waals surface area contributed by atoms with Crippen LogP contribution in [0.4, 0.5) is 0 Å². The number of hydrogen-bond donors (Lipinski definition) is 33. The first-order chi connectivity index (χ1) is 62.4. The van der Waals surface area contributed by atoms with E-state index in [1.807, 2.05) is 0 Å². The van der Waals surface area contributed by atoms with Gasteiger partial charge in [-0.25, -0.2) is 0 Å². The van der Waals surface area contributed by atoms with Crippen LogP contribution in [0.5, 0.6) is 0 Å². The summed E-state index contributed by atoms with van der Waals surface area (Å²) in [7, 11) is 0. The molecule has 11 heterocycles. The van der Waals surface area contributed by atoms with E-state index in [1.165, 1.54) is 13.8 Å². The molecule has 0 aromatic rings. The van der Waals surface area contributed by atoms with Crippen LogP contribution in [0.2, 0.25) is 0 Å². The Morgan fingerprint density at radius 2 is 0.485 bits per heavy atom. The van der Waals surface area contributed by atoms with Gasteiger partial charge in [0, 0.05) is 27.7 Å². The predicted octanol–water partition coefficient (Wildman–Crippen LogP) is -22.3. The molecule has 0 bridgehead atoms. The molecule has 0 aromatic carbocycles. The average molecular weight is 1930 g/mol. The fraction of sp³-hybridized carbons (Fsp3) is 0.946. The van der Waals surface area contributed by atoms with Gasteiger partial charge in [-0.3, -0.25) is 19.2 Å². The van der Waals surface area contributed by atoms with Gasteiger partial charge in [0.25, 0.3) is 0 Å². The highest BCUT2D eigenvalue weighted by Gasteiger charge is 2.63. The standard InChI is InChI=1S/C74H124N4O54/c1-16-35(90)45(100)51(106)68(114-16)112-15-30-58(127-70-53(108)47(102)37(92)22(7-79)117-70)44(99)33(77-20(5)88)66(124-30)131-62-49(104)39(94)24(9-81)119-73(62)113-14-29-41(96)61(55(110)72(123-29)126-57-27(12-84)121-65(32(43(57)98)76-19(4)87)125-56-26(11-83)116-64(111)31(42(56)97)75-18(3)86)130-74-63(50(105)40(95)25(10-82)120-74)132-67-34(78-21(6)89)60(129-69-52(107)46(101)36(91)17(2)115-69)59(28(13-85)122-67)128-71-54(109)48(103)38(93)23(8-80)118-71/h16-17,22-74,79-85,90-111H,7-15H2,1-6H3,(H,75,86)(H,76,87)(H,77,88)(H,78,89)/t16-,17-,22+,23+,24+,25+,26+,27+,28+,29+,30+,31+,32+,33+,34+,35+,36+,37-,38-,39+,40+,41+,42+,43+,44+,45+,46+,47-,48-,49-,50-,51-,52-,53+,54+,55-,56+,57+,58+,59+,60+,61-,62-,63-,64+,65-,66-,67-,68+,69-,70-,71-,72-,73-,74+/m0/s1. The summed E-state index contributed by atoms with van der Waals surface area (Å²) in [6, 6.07) is -7.82. The van der Waals surface area contributed by atoms with Crippen LogP contribution in [0.3, 0.4) is 0 Å². The zero-order valence-corrected chi connectivity index (χ0v) is 71.3. The Bertz CT molecular complexity index is 3610. The van der Waals surface area contributed by atoms with Crippen LogP contribution in [0.15, 0.2) is 0 Å². The predicted molar refractivity (Wildman–Crippen MR) is 406 cm³/mol. The van der Waals surface area contributed by atoms with Crippen molar-refractivity contribution in [2.75, 3.05) is 59.5 Å². The van der Waals surface area contributed by atoms with E-state index in [4.69, 9.17) is 99.5 Å². The molecular weight excluding hydrogens is 1810 g/mol. The molecule has 11 aliphatic heterocycles. The van der Waals surface area contributed by atoms with Gasteiger partial charge in [0.1, 0.15) is 256 Å². The molecule has 58 heteroatoms. The topological polar surface area (TPSA) is 897 Å². The second-order valence-corrected chi connectivity index (χ2v) is 33.8. The molecule has 764 valence electrons. The van der Waals surface area contributed by atoms with Gasteiger partial charge in [-0.05, 0) is 13.8 Å². The van der Waals surface area contributed by atoms with Gasteiger partial charge in [0.2, 0.25) is 23.6 Å². The van der Waals surface area contributed by atoms with Crippen molar-refractivity contribution >= 4 is 23.6 Å². The maximum atomic E-state index is 13.6. The quantitative estimate of drug-likeness (QED) is 0.0290. The molecule has 11 saturated heterocycles. The Kier molecular flexibility index (Phi) is 38.5. The molecule has 132 heavy (non-hydrogen) atoms. The van der Waals surface area contributed by atoms with E-state index in [-0.39, 0.29) is 0 Å². The Morgan fingerprint density at radius 3 is 0.939 bits per heavy atom. The Labute approximate surface area is 748 Å². The summed E-state index contributed by atoms with van der Waals surface area (Å²) in [5.41, 5.74) is 0. The van der Waals surface area contributed by atoms with E-state index in [2.05, 4.69) is 21.3 Å². The zero-order chi connectivity index (χ0) is 97.1. The highest BCUT2D eigenvalue weighted by Crippen LogP contribution is 2.42. The number of nitrogens with one attached hydrogen (secondary N) is 4. The van der Waals surface area contributed by atoms with Crippen molar-refractivity contribution in [2.24, 2.45) is 0 Å². The number of rotatable bonds is 33. The van der Waals surface area contributed by atoms with Crippen LogP contribution in [-0.4, -0.2) is 569 Å². The van der Waals surface area contributed by atoms with Gasteiger partial charge in [0.15, 0.2) is 69.2 Å². The third-order valence-corrected chi connectivity index (χ3v) is 24.5. The number of aliphatic hydroxyl groups excluding tert-OH is 29. The van der Waals surface area contributed by atoms with Gasteiger partial charge >= 0.3 is 0 Å². The van der Waals surface area contributed by atoms with E-state index in [0.29, 0.717) is 0 Å². The summed E-state index contributed by atoms with van der Waals surface area (Å²) in [5.74, 6) is -3.85. The Balaban J connectivity index is 0.961. The number of amides is 4. The maximum absolute atomic E-state index is 13.6. The SMILES string of the molecule is CC(=O)N[C@@H]1[C@@H](O)[C@H](O[C@@H]2O[C@H](CO)[C@@H](O[C@@H]3O[C@H](CO[C@H]4O[C@H](CO)[C@@H](O)[C@H](O)[C@@H]4O[C@@H]4O[C@H](CO[C@@H]5O[C@@H](C)[C@@H](O)[C@@H](O)[C@@H]5O)[C@@H](O[C@@H]5O[C@H](CO)[C@H](O)[C@H](O)[C@H]5O)[C@H](O)[C@H]4NC(C)=O)[C@@H](O)[C@H](O[C@H]4O[C@H](CO)[C@@H](O)[C@H](O)[C@@H]4O[C@@H]4O[C@H](CO)[C@@H](O[C@@H]5O[C@H](CO)[C@H](O)[C@H](O)[C@H]5O)[C@H](O[C@@H]5O[C@@H](C)[C@@H](O)[C@@H](O)[C@@H]5O)[C@H]4NC(C)=O)[C@@H]3O)[C@H](O)[C@H]2NC(C)=O)[C@@H](CO)O[C@H]1O. The molecule has 55 atom stereocenters. The summed E-state index contributed by atoms with van der Waals surface area (Å²) >= 11 is 0. The fourth-order valence-corrected chi connectivity index (χ4v) is 17.2. The minimum Gasteiger partial charge on any atom is -0.394 e. The van der Waals surface area contributed by atoms with Gasteiger partial charge in [-0.2, -0.15) is 0 Å². The normalized spacial score (nSPS) is 50.4. The van der Waals surface area contributed by atoms with Crippen molar-refractivity contribution < 1.29 is 267 Å². The summed E-state index contributed by atoms with van der Waals surface area (Å²) in [6.07, 6.45) is -108. The largest absolute Gasteiger partial charge is 0.394 e. The zero-order valence-electron chi connectivity index (χ0n) is 71.3. The van der Waals surface area contributed by atoms with E-state index < -0.39 is 421 Å². The molecule has 4 amide bonds. The molecular formula is C74H124N4O54. The second kappa shape index (κ2) is 47.0. The van der Waals surface area contributed by atoms with Crippen LogP contribution < -0.4 is 21.3 Å². The van der Waals surface area contributed by atoms with E-state index in [1.54, 1.807) is 0 Å². The molecule has 0 spiro atoms. The smallest absolute Gasteiger partial charge is 0.217 e. The molecule has 11 fully saturated rings. The highest BCUT2D eigenvalue weighted by molar-refractivity contribution is 5.74. The molecule has 0 aliphatic carbocycles. The maximum Gasteiger partial charge on any atom is 0.217 e. The van der Waals surface area contributed by atoms with Crippen LogP contribution >= 0.6 is 0 Å². The van der Waals surface area contributed by atoms with Crippen molar-refractivity contribution in [1.29, 1.82) is 0 Å². The summed E-state index contributed by atoms with van der Waals surface area (Å²) in [4.78, 5) is 52.3. The minimum atomic E-state index is -2.68. The molecule has 0 saturated carbocycles. The minimum absolute atomic E-state index is 0.816. The molecule has 33 N–H and O–H groups in total. The number of carbonyl (C=O) groups excluding carboxylic acids is 4. The third kappa shape index (κ3) is 23.7. The lowest BCUT2D eigenvalue weighted by atomic mass is 9.93. The third-order valence-electron chi connectivity index (χ3n) is 24.5.